The van der Waals surface area contributed by atoms with Crippen molar-refractivity contribution in [2.75, 3.05) is 0 Å². The molecule has 314 valence electrons. The zero-order chi connectivity index (χ0) is 44.3. The molecule has 0 heterocycles. The van der Waals surface area contributed by atoms with Crippen molar-refractivity contribution in [2.24, 2.45) is 0 Å². The maximum absolute atomic E-state index is 6.10. The van der Waals surface area contributed by atoms with Crippen LogP contribution in [0.4, 0.5) is 0 Å². The summed E-state index contributed by atoms with van der Waals surface area (Å²) in [4.78, 5) is 0. The zero-order valence-corrected chi connectivity index (χ0v) is 36.5. The second-order valence-electron chi connectivity index (χ2n) is 16.2. The number of benzene rings is 10. The Morgan fingerprint density at radius 1 is 0.227 bits per heavy atom. The van der Waals surface area contributed by atoms with E-state index in [-0.39, 0.29) is 0 Å². The third-order valence-electron chi connectivity index (χ3n) is 11.9. The molecule has 0 saturated heterocycles. The summed E-state index contributed by atoms with van der Waals surface area (Å²) in [5, 5.41) is 0. The summed E-state index contributed by atoms with van der Waals surface area (Å²) in [5.41, 5.74) is 17.5. The number of para-hydroxylation sites is 2. The van der Waals surface area contributed by atoms with Crippen LogP contribution in [0.2, 0.25) is 0 Å². The van der Waals surface area contributed by atoms with Crippen molar-refractivity contribution in [1.29, 1.82) is 0 Å². The van der Waals surface area contributed by atoms with Gasteiger partial charge in [-0.05, 0) is 102 Å². The lowest BCUT2D eigenvalue weighted by atomic mass is 9.89. The van der Waals surface area contributed by atoms with Crippen LogP contribution in [0.5, 0.6) is 11.5 Å². The Hall–Kier alpha value is -8.64. The number of hydrogen-bond donors (Lipinski definition) is 0. The van der Waals surface area contributed by atoms with E-state index in [9.17, 15) is 0 Å². The van der Waals surface area contributed by atoms with Gasteiger partial charge in [0.15, 0.2) is 0 Å². The lowest BCUT2D eigenvalue weighted by molar-refractivity contribution is 0.306. The highest BCUT2D eigenvalue weighted by Gasteiger charge is 2.15. The Morgan fingerprint density at radius 2 is 0.485 bits per heavy atom. The quantitative estimate of drug-likeness (QED) is 0.114. The minimum atomic E-state index is 0.484. The molecule has 0 bridgehead atoms. The summed E-state index contributed by atoms with van der Waals surface area (Å²) in [6.45, 7) is 0.968. The molecule has 10 aromatic rings. The monoisotopic (exact) mass is 846 g/mol. The van der Waals surface area contributed by atoms with Crippen molar-refractivity contribution in [1.82, 2.24) is 0 Å². The highest BCUT2D eigenvalue weighted by molar-refractivity contribution is 5.87. The highest BCUT2D eigenvalue weighted by Crippen LogP contribution is 2.37. The second-order valence-corrected chi connectivity index (χ2v) is 16.2. The summed E-state index contributed by atoms with van der Waals surface area (Å²) in [6.07, 6.45) is 0. The molecule has 0 atom stereocenters. The molecule has 0 N–H and O–H groups in total. The summed E-state index contributed by atoms with van der Waals surface area (Å²) in [7, 11) is 0. The smallest absolute Gasteiger partial charge is 0.119 e. The van der Waals surface area contributed by atoms with Gasteiger partial charge in [-0.15, -0.1) is 0 Å². The summed E-state index contributed by atoms with van der Waals surface area (Å²) >= 11 is 0. The molecular formula is C64H46O2. The molecule has 0 spiro atoms. The van der Waals surface area contributed by atoms with Gasteiger partial charge in [-0.25, -0.2) is 0 Å². The minimum Gasteiger partial charge on any atom is -0.489 e. The molecule has 0 fully saturated rings. The van der Waals surface area contributed by atoms with Crippen LogP contribution >= 0.6 is 0 Å². The number of ether oxygens (including phenoxy) is 2. The van der Waals surface area contributed by atoms with Crippen LogP contribution in [0.1, 0.15) is 22.3 Å². The van der Waals surface area contributed by atoms with E-state index in [2.05, 4.69) is 206 Å². The lowest BCUT2D eigenvalue weighted by Crippen LogP contribution is -1.96. The van der Waals surface area contributed by atoms with E-state index in [0.717, 1.165) is 78.3 Å². The predicted molar refractivity (Wildman–Crippen MR) is 273 cm³/mol. The molecule has 0 unspecified atom stereocenters. The van der Waals surface area contributed by atoms with E-state index < -0.39 is 0 Å². The fraction of sp³-hybridized carbons (Fsp3) is 0.0312. The molecule has 2 heteroatoms. The average Bonchev–Trinajstić information content (AvgIpc) is 3.40. The van der Waals surface area contributed by atoms with E-state index in [4.69, 9.17) is 9.47 Å². The second kappa shape index (κ2) is 19.8. The van der Waals surface area contributed by atoms with Gasteiger partial charge in [-0.2, -0.15) is 0 Å². The molecule has 0 amide bonds. The van der Waals surface area contributed by atoms with E-state index in [0.29, 0.717) is 13.2 Å². The fourth-order valence-corrected chi connectivity index (χ4v) is 8.33. The third kappa shape index (κ3) is 9.63. The Bertz CT molecular complexity index is 3000. The molecule has 0 aliphatic heterocycles. The van der Waals surface area contributed by atoms with Crippen LogP contribution in [0.25, 0.3) is 66.8 Å². The Balaban J connectivity index is 1.08. The molecule has 10 rings (SSSR count). The van der Waals surface area contributed by atoms with Crippen molar-refractivity contribution in [3.05, 3.63) is 277 Å². The van der Waals surface area contributed by atoms with Crippen molar-refractivity contribution >= 4 is 0 Å². The number of hydrogen-bond acceptors (Lipinski definition) is 2. The number of rotatable bonds is 12. The molecule has 0 radical (unpaired) electrons. The predicted octanol–water partition coefficient (Wildman–Crippen LogP) is 16.2. The van der Waals surface area contributed by atoms with Gasteiger partial charge in [0.1, 0.15) is 24.7 Å². The Labute approximate surface area is 388 Å². The summed E-state index contributed by atoms with van der Waals surface area (Å²) < 4.78 is 12.2. The molecular weight excluding hydrogens is 801 g/mol. The average molecular weight is 847 g/mol. The van der Waals surface area contributed by atoms with E-state index >= 15 is 0 Å². The van der Waals surface area contributed by atoms with Gasteiger partial charge in [0.2, 0.25) is 0 Å². The molecule has 0 aromatic heterocycles. The van der Waals surface area contributed by atoms with Gasteiger partial charge in [0.25, 0.3) is 0 Å². The van der Waals surface area contributed by atoms with Gasteiger partial charge >= 0.3 is 0 Å². The van der Waals surface area contributed by atoms with Crippen LogP contribution in [0, 0.1) is 11.8 Å². The topological polar surface area (TPSA) is 18.5 Å². The fourth-order valence-electron chi connectivity index (χ4n) is 8.33. The van der Waals surface area contributed by atoms with Crippen molar-refractivity contribution in [3.8, 4) is 90.1 Å². The first-order valence-corrected chi connectivity index (χ1v) is 22.4. The van der Waals surface area contributed by atoms with Crippen molar-refractivity contribution in [2.45, 2.75) is 13.2 Å². The van der Waals surface area contributed by atoms with E-state index in [1.54, 1.807) is 0 Å². The van der Waals surface area contributed by atoms with Crippen LogP contribution in [0.15, 0.2) is 255 Å². The molecule has 10 aromatic carbocycles. The van der Waals surface area contributed by atoms with E-state index in [1.807, 2.05) is 60.7 Å². The third-order valence-corrected chi connectivity index (χ3v) is 11.9. The van der Waals surface area contributed by atoms with Gasteiger partial charge in [0.05, 0.1) is 0 Å². The maximum atomic E-state index is 6.10. The maximum Gasteiger partial charge on any atom is 0.119 e. The molecule has 2 nitrogen and oxygen atoms in total. The summed E-state index contributed by atoms with van der Waals surface area (Å²) in [6, 6.07) is 89.0. The van der Waals surface area contributed by atoms with Crippen molar-refractivity contribution in [3.63, 3.8) is 0 Å². The van der Waals surface area contributed by atoms with E-state index in [1.165, 1.54) is 22.3 Å². The van der Waals surface area contributed by atoms with Crippen LogP contribution in [-0.2, 0) is 13.2 Å². The molecule has 0 aliphatic carbocycles. The molecule has 0 aliphatic rings. The SMILES string of the molecule is C(#Cc1c(-c2ccc(COc3ccccc3)cc2)cccc1-c1ccc(-c2ccccc2)cc1)c1c(-c2ccc(COc3ccccc3)cc2)cccc1-c1ccc(-c2ccccc2)cc1. The standard InChI is InChI=1S/C64H46O2/c1-5-15-49(16-6-1)51-35-39-55(40-36-51)61-25-13-23-59(53-31-27-47(28-32-53)45-65-57-19-9-3-10-20-57)63(61)43-44-64-60(54-33-29-48(30-34-54)46-66-58-21-11-4-12-22-58)24-14-26-62(64)56-41-37-52(38-42-56)50-17-7-2-8-18-50/h1-42H,45-46H2. The normalized spacial score (nSPS) is 10.7. The van der Waals surface area contributed by atoms with Gasteiger partial charge in [-0.1, -0.05) is 242 Å². The first kappa shape index (κ1) is 41.4. The van der Waals surface area contributed by atoms with Gasteiger partial charge in [0, 0.05) is 11.1 Å². The van der Waals surface area contributed by atoms with Gasteiger partial charge < -0.3 is 9.47 Å². The summed E-state index contributed by atoms with van der Waals surface area (Å²) in [5.74, 6) is 9.33. The van der Waals surface area contributed by atoms with Crippen LogP contribution in [0.3, 0.4) is 0 Å². The largest absolute Gasteiger partial charge is 0.489 e. The highest BCUT2D eigenvalue weighted by atomic mass is 16.5. The molecule has 0 saturated carbocycles. The van der Waals surface area contributed by atoms with Crippen LogP contribution < -0.4 is 9.47 Å². The van der Waals surface area contributed by atoms with Gasteiger partial charge in [-0.3, -0.25) is 0 Å². The minimum absolute atomic E-state index is 0.484. The Kier molecular flexibility index (Phi) is 12.4. The Morgan fingerprint density at radius 3 is 0.803 bits per heavy atom. The van der Waals surface area contributed by atoms with Crippen LogP contribution in [-0.4, -0.2) is 0 Å². The zero-order valence-electron chi connectivity index (χ0n) is 36.5. The first-order valence-electron chi connectivity index (χ1n) is 22.4. The van der Waals surface area contributed by atoms with Crippen molar-refractivity contribution < 1.29 is 9.47 Å². The molecule has 66 heavy (non-hydrogen) atoms. The lowest BCUT2D eigenvalue weighted by Gasteiger charge is -2.15. The first-order chi connectivity index (χ1) is 32.7.